The molecule has 0 radical (unpaired) electrons. The quantitative estimate of drug-likeness (QED) is 0.550. The highest BCUT2D eigenvalue weighted by molar-refractivity contribution is 7.91. The Kier molecular flexibility index (Phi) is 5.56. The Morgan fingerprint density at radius 2 is 1.83 bits per heavy atom. The zero-order valence-electron chi connectivity index (χ0n) is 15.3. The molecule has 1 fully saturated rings. The number of sulfonamides is 1. The minimum absolute atomic E-state index is 0.0465. The number of rotatable bonds is 4. The molecule has 3 aromatic rings. The van der Waals surface area contributed by atoms with E-state index in [-0.39, 0.29) is 28.6 Å². The number of aromatic nitrogens is 1. The van der Waals surface area contributed by atoms with E-state index in [0.717, 1.165) is 23.1 Å². The molecular formula is C18H15ClF3N3O3S2. The number of alkyl halides is 3. The summed E-state index contributed by atoms with van der Waals surface area (Å²) in [6.45, 7) is 1.56. The summed E-state index contributed by atoms with van der Waals surface area (Å²) in [6.07, 6.45) is -4.65. The maximum Gasteiger partial charge on any atom is 0.452 e. The van der Waals surface area contributed by atoms with Crippen molar-refractivity contribution in [2.24, 2.45) is 0 Å². The Hall–Kier alpha value is -2.08. The summed E-state index contributed by atoms with van der Waals surface area (Å²) in [5.74, 6) is -1.23. The van der Waals surface area contributed by atoms with Crippen LogP contribution in [0.3, 0.4) is 0 Å². The molecule has 2 aromatic heterocycles. The van der Waals surface area contributed by atoms with Crippen molar-refractivity contribution >= 4 is 38.6 Å². The van der Waals surface area contributed by atoms with Crippen molar-refractivity contribution in [1.82, 2.24) is 9.46 Å². The molecular weight excluding hydrogens is 463 g/mol. The monoisotopic (exact) mass is 477 g/mol. The molecule has 160 valence electrons. The maximum absolute atomic E-state index is 13.0. The molecule has 4 rings (SSSR count). The Balaban J connectivity index is 1.48. The SMILES string of the molecule is O=S(=O)(c1cc(-c2cc(C(F)(F)F)on2)cs1)N1CCN(c2cccc(Cl)c2)CC1. The van der Waals surface area contributed by atoms with Gasteiger partial charge in [-0.1, -0.05) is 22.8 Å². The lowest BCUT2D eigenvalue weighted by molar-refractivity contribution is -0.155. The van der Waals surface area contributed by atoms with Gasteiger partial charge in [-0.3, -0.25) is 0 Å². The summed E-state index contributed by atoms with van der Waals surface area (Å²) in [5.41, 5.74) is 1.12. The van der Waals surface area contributed by atoms with Crippen molar-refractivity contribution in [3.05, 3.63) is 52.6 Å². The van der Waals surface area contributed by atoms with Crippen LogP contribution in [0.25, 0.3) is 11.3 Å². The van der Waals surface area contributed by atoms with Gasteiger partial charge in [0.05, 0.1) is 0 Å². The van der Waals surface area contributed by atoms with E-state index in [1.54, 1.807) is 6.07 Å². The zero-order chi connectivity index (χ0) is 21.5. The number of benzene rings is 1. The van der Waals surface area contributed by atoms with Crippen LogP contribution in [-0.2, 0) is 16.2 Å². The lowest BCUT2D eigenvalue weighted by atomic mass is 10.2. The van der Waals surface area contributed by atoms with Gasteiger partial charge in [0, 0.05) is 53.9 Å². The van der Waals surface area contributed by atoms with Crippen LogP contribution in [0.5, 0.6) is 0 Å². The average Bonchev–Trinajstić information content (AvgIpc) is 3.37. The number of hydrogen-bond acceptors (Lipinski definition) is 6. The molecule has 30 heavy (non-hydrogen) atoms. The average molecular weight is 478 g/mol. The van der Waals surface area contributed by atoms with Gasteiger partial charge in [-0.05, 0) is 24.3 Å². The first kappa shape index (κ1) is 21.2. The lowest BCUT2D eigenvalue weighted by Crippen LogP contribution is -2.48. The highest BCUT2D eigenvalue weighted by Gasteiger charge is 2.36. The molecule has 0 atom stereocenters. The van der Waals surface area contributed by atoms with Gasteiger partial charge in [0.25, 0.3) is 10.0 Å². The van der Waals surface area contributed by atoms with Crippen LogP contribution in [0.1, 0.15) is 5.76 Å². The first-order valence-corrected chi connectivity index (χ1v) is 11.5. The van der Waals surface area contributed by atoms with Gasteiger partial charge in [0.1, 0.15) is 9.90 Å². The molecule has 0 saturated carbocycles. The topological polar surface area (TPSA) is 66.7 Å². The second-order valence-electron chi connectivity index (χ2n) is 6.60. The second kappa shape index (κ2) is 7.88. The van der Waals surface area contributed by atoms with Crippen LogP contribution in [0.4, 0.5) is 18.9 Å². The molecule has 1 aromatic carbocycles. The summed E-state index contributed by atoms with van der Waals surface area (Å²) in [6, 6.07) is 9.41. The van der Waals surface area contributed by atoms with E-state index in [0.29, 0.717) is 18.1 Å². The zero-order valence-corrected chi connectivity index (χ0v) is 17.7. The van der Waals surface area contributed by atoms with Gasteiger partial charge in [0.15, 0.2) is 0 Å². The molecule has 0 amide bonds. The highest BCUT2D eigenvalue weighted by Crippen LogP contribution is 2.35. The Bertz CT molecular complexity index is 1150. The molecule has 0 spiro atoms. The van der Waals surface area contributed by atoms with Crippen molar-refractivity contribution < 1.29 is 26.1 Å². The van der Waals surface area contributed by atoms with E-state index in [1.807, 2.05) is 23.1 Å². The van der Waals surface area contributed by atoms with Crippen molar-refractivity contribution in [3.63, 3.8) is 0 Å². The van der Waals surface area contributed by atoms with E-state index in [1.165, 1.54) is 15.8 Å². The van der Waals surface area contributed by atoms with Crippen molar-refractivity contribution in [1.29, 1.82) is 0 Å². The number of thiophene rings is 1. The number of halogens is 4. The smallest absolute Gasteiger partial charge is 0.369 e. The first-order chi connectivity index (χ1) is 14.1. The van der Waals surface area contributed by atoms with Gasteiger partial charge in [-0.25, -0.2) is 8.42 Å². The van der Waals surface area contributed by atoms with Crippen LogP contribution in [0.2, 0.25) is 5.02 Å². The predicted molar refractivity (Wildman–Crippen MR) is 107 cm³/mol. The van der Waals surface area contributed by atoms with Crippen molar-refractivity contribution in [3.8, 4) is 11.3 Å². The minimum Gasteiger partial charge on any atom is -0.369 e. The third-order valence-electron chi connectivity index (χ3n) is 4.67. The van der Waals surface area contributed by atoms with Crippen LogP contribution >= 0.6 is 22.9 Å². The van der Waals surface area contributed by atoms with E-state index in [4.69, 9.17) is 11.6 Å². The summed E-state index contributed by atoms with van der Waals surface area (Å²) < 4.78 is 69.7. The molecule has 6 nitrogen and oxygen atoms in total. The number of piperazine rings is 1. The van der Waals surface area contributed by atoms with Crippen LogP contribution in [0, 0.1) is 0 Å². The summed E-state index contributed by atoms with van der Waals surface area (Å²) >= 11 is 6.96. The number of hydrogen-bond donors (Lipinski definition) is 0. The van der Waals surface area contributed by atoms with Gasteiger partial charge in [-0.2, -0.15) is 17.5 Å². The molecule has 12 heteroatoms. The normalized spacial score (nSPS) is 16.2. The highest BCUT2D eigenvalue weighted by atomic mass is 35.5. The molecule has 1 aliphatic heterocycles. The number of nitrogens with zero attached hydrogens (tertiary/aromatic N) is 3. The molecule has 3 heterocycles. The predicted octanol–water partition coefficient (Wildman–Crippen LogP) is 4.59. The van der Waals surface area contributed by atoms with E-state index in [9.17, 15) is 21.6 Å². The standard InChI is InChI=1S/C18H15ClF3N3O3S2/c19-13-2-1-3-14(9-13)24-4-6-25(7-5-24)30(26,27)17-8-12(11-29-17)15-10-16(28-23-15)18(20,21)22/h1-3,8-11H,4-7H2. The summed E-state index contributed by atoms with van der Waals surface area (Å²) in [5, 5.41) is 5.46. The Morgan fingerprint density at radius 3 is 2.47 bits per heavy atom. The van der Waals surface area contributed by atoms with E-state index < -0.39 is 22.0 Å². The first-order valence-electron chi connectivity index (χ1n) is 8.78. The van der Waals surface area contributed by atoms with Gasteiger partial charge in [-0.15, -0.1) is 11.3 Å². The maximum atomic E-state index is 13.0. The Morgan fingerprint density at radius 1 is 1.10 bits per heavy atom. The number of anilines is 1. The molecule has 0 unspecified atom stereocenters. The molecule has 0 bridgehead atoms. The largest absolute Gasteiger partial charge is 0.452 e. The van der Waals surface area contributed by atoms with Gasteiger partial charge >= 0.3 is 6.18 Å². The van der Waals surface area contributed by atoms with Crippen LogP contribution in [-0.4, -0.2) is 44.1 Å². The molecule has 0 aliphatic carbocycles. The third kappa shape index (κ3) is 4.20. The summed E-state index contributed by atoms with van der Waals surface area (Å²) in [7, 11) is -3.77. The van der Waals surface area contributed by atoms with Gasteiger partial charge in [0.2, 0.25) is 5.76 Å². The molecule has 1 saturated heterocycles. The van der Waals surface area contributed by atoms with Gasteiger partial charge < -0.3 is 9.42 Å². The molecule has 1 aliphatic rings. The molecule has 0 N–H and O–H groups in total. The second-order valence-corrected chi connectivity index (χ2v) is 10.1. The fourth-order valence-electron chi connectivity index (χ4n) is 3.12. The van der Waals surface area contributed by atoms with E-state index >= 15 is 0 Å². The third-order valence-corrected chi connectivity index (χ3v) is 8.22. The fourth-order valence-corrected chi connectivity index (χ4v) is 6.05. The van der Waals surface area contributed by atoms with Crippen molar-refractivity contribution in [2.75, 3.05) is 31.1 Å². The van der Waals surface area contributed by atoms with Crippen molar-refractivity contribution in [2.45, 2.75) is 10.4 Å². The van der Waals surface area contributed by atoms with Crippen LogP contribution in [0.15, 0.2) is 50.5 Å². The summed E-state index contributed by atoms with van der Waals surface area (Å²) in [4.78, 5) is 2.05. The van der Waals surface area contributed by atoms with E-state index in [2.05, 4.69) is 9.68 Å². The lowest BCUT2D eigenvalue weighted by Gasteiger charge is -2.35. The van der Waals surface area contributed by atoms with Crippen LogP contribution < -0.4 is 4.90 Å². The Labute approximate surface area is 179 Å². The minimum atomic E-state index is -4.65. The fraction of sp³-hybridized carbons (Fsp3) is 0.278.